The summed E-state index contributed by atoms with van der Waals surface area (Å²) in [6.45, 7) is 3.27. The molecule has 0 bridgehead atoms. The standard InChI is InChI=1S/C17H21F3N2O/c18-14-5-4-13(15(19)16(14)20)17(23)22-10-6-12(7-11-22)21-8-2-1-3-9-21/h4-5,12H,1-3,6-11H2. The molecule has 3 nitrogen and oxygen atoms in total. The summed E-state index contributed by atoms with van der Waals surface area (Å²) in [5.41, 5.74) is -0.389. The molecule has 0 saturated carbocycles. The van der Waals surface area contributed by atoms with Crippen molar-refractivity contribution in [2.45, 2.75) is 38.1 Å². The van der Waals surface area contributed by atoms with Crippen LogP contribution in [0.25, 0.3) is 0 Å². The van der Waals surface area contributed by atoms with Gasteiger partial charge in [0.05, 0.1) is 5.56 Å². The van der Waals surface area contributed by atoms with Gasteiger partial charge in [-0.05, 0) is 50.9 Å². The van der Waals surface area contributed by atoms with Gasteiger partial charge in [-0.3, -0.25) is 4.79 Å². The highest BCUT2D eigenvalue weighted by Gasteiger charge is 2.29. The van der Waals surface area contributed by atoms with Crippen LogP contribution in [-0.4, -0.2) is 47.9 Å². The molecule has 23 heavy (non-hydrogen) atoms. The third kappa shape index (κ3) is 3.37. The molecule has 0 spiro atoms. The lowest BCUT2D eigenvalue weighted by Crippen LogP contribution is -2.48. The monoisotopic (exact) mass is 326 g/mol. The zero-order valence-corrected chi connectivity index (χ0v) is 13.0. The van der Waals surface area contributed by atoms with Crippen LogP contribution < -0.4 is 0 Å². The van der Waals surface area contributed by atoms with Gasteiger partial charge in [0.1, 0.15) is 0 Å². The molecular weight excluding hydrogens is 305 g/mol. The number of carbonyl (C=O) groups excluding carboxylic acids is 1. The molecule has 3 rings (SSSR count). The second kappa shape index (κ2) is 6.91. The molecule has 1 aromatic rings. The Kier molecular flexibility index (Phi) is 4.90. The van der Waals surface area contributed by atoms with Crippen molar-refractivity contribution in [3.05, 3.63) is 35.1 Å². The Hall–Kier alpha value is -1.56. The first-order valence-electron chi connectivity index (χ1n) is 8.24. The molecule has 0 unspecified atom stereocenters. The number of benzene rings is 1. The normalized spacial score (nSPS) is 20.7. The van der Waals surface area contributed by atoms with Crippen molar-refractivity contribution in [1.29, 1.82) is 0 Å². The Morgan fingerprint density at radius 1 is 0.913 bits per heavy atom. The number of rotatable bonds is 2. The second-order valence-corrected chi connectivity index (χ2v) is 6.34. The summed E-state index contributed by atoms with van der Waals surface area (Å²) in [5, 5.41) is 0. The smallest absolute Gasteiger partial charge is 0.256 e. The summed E-state index contributed by atoms with van der Waals surface area (Å²) in [5.74, 6) is -4.81. The third-order valence-corrected chi connectivity index (χ3v) is 4.92. The summed E-state index contributed by atoms with van der Waals surface area (Å²) >= 11 is 0. The minimum Gasteiger partial charge on any atom is -0.338 e. The summed E-state index contributed by atoms with van der Waals surface area (Å²) < 4.78 is 40.0. The predicted molar refractivity (Wildman–Crippen MR) is 80.7 cm³/mol. The molecule has 2 heterocycles. The predicted octanol–water partition coefficient (Wildman–Crippen LogP) is 3.19. The van der Waals surface area contributed by atoms with Crippen molar-refractivity contribution in [1.82, 2.24) is 9.80 Å². The third-order valence-electron chi connectivity index (χ3n) is 4.92. The van der Waals surface area contributed by atoms with E-state index in [0.717, 1.165) is 38.1 Å². The topological polar surface area (TPSA) is 23.6 Å². The van der Waals surface area contributed by atoms with Crippen LogP contribution in [0.4, 0.5) is 13.2 Å². The molecule has 1 aromatic carbocycles. The van der Waals surface area contributed by atoms with Crippen LogP contribution in [0.2, 0.25) is 0 Å². The first kappa shape index (κ1) is 16.3. The number of carbonyl (C=O) groups is 1. The SMILES string of the molecule is O=C(c1ccc(F)c(F)c1F)N1CCC(N2CCCCC2)CC1. The van der Waals surface area contributed by atoms with Crippen LogP contribution in [0.15, 0.2) is 12.1 Å². The lowest BCUT2D eigenvalue weighted by atomic mass is 9.99. The lowest BCUT2D eigenvalue weighted by molar-refractivity contribution is 0.0585. The Balaban J connectivity index is 1.63. The van der Waals surface area contributed by atoms with Crippen LogP contribution in [0.3, 0.4) is 0 Å². The van der Waals surface area contributed by atoms with Gasteiger partial charge >= 0.3 is 0 Å². The van der Waals surface area contributed by atoms with Gasteiger partial charge < -0.3 is 9.80 Å². The van der Waals surface area contributed by atoms with Crippen molar-refractivity contribution < 1.29 is 18.0 Å². The zero-order chi connectivity index (χ0) is 16.4. The number of hydrogen-bond acceptors (Lipinski definition) is 2. The van der Waals surface area contributed by atoms with E-state index in [0.29, 0.717) is 19.1 Å². The highest BCUT2D eigenvalue weighted by Crippen LogP contribution is 2.23. The molecule has 2 saturated heterocycles. The van der Waals surface area contributed by atoms with Gasteiger partial charge in [0, 0.05) is 19.1 Å². The highest BCUT2D eigenvalue weighted by molar-refractivity contribution is 5.94. The van der Waals surface area contributed by atoms with Crippen molar-refractivity contribution in [2.75, 3.05) is 26.2 Å². The van der Waals surface area contributed by atoms with Crippen molar-refractivity contribution in [2.24, 2.45) is 0 Å². The Morgan fingerprint density at radius 2 is 1.57 bits per heavy atom. The van der Waals surface area contributed by atoms with Gasteiger partial charge in [0.25, 0.3) is 5.91 Å². The van der Waals surface area contributed by atoms with Gasteiger partial charge in [-0.15, -0.1) is 0 Å². The molecule has 126 valence electrons. The first-order chi connectivity index (χ1) is 11.1. The van der Waals surface area contributed by atoms with Gasteiger partial charge in [-0.25, -0.2) is 13.2 Å². The summed E-state index contributed by atoms with van der Waals surface area (Å²) in [4.78, 5) is 16.4. The quantitative estimate of drug-likeness (QED) is 0.779. The average Bonchev–Trinajstić information content (AvgIpc) is 2.60. The van der Waals surface area contributed by atoms with E-state index in [-0.39, 0.29) is 5.56 Å². The maximum absolute atomic E-state index is 13.8. The van der Waals surface area contributed by atoms with E-state index in [9.17, 15) is 18.0 Å². The number of piperidine rings is 2. The zero-order valence-electron chi connectivity index (χ0n) is 13.0. The number of likely N-dealkylation sites (tertiary alicyclic amines) is 2. The van der Waals surface area contributed by atoms with E-state index >= 15 is 0 Å². The fraction of sp³-hybridized carbons (Fsp3) is 0.588. The Morgan fingerprint density at radius 3 is 2.22 bits per heavy atom. The second-order valence-electron chi connectivity index (χ2n) is 6.34. The fourth-order valence-electron chi connectivity index (χ4n) is 3.58. The molecule has 2 fully saturated rings. The first-order valence-corrected chi connectivity index (χ1v) is 8.24. The number of amides is 1. The van der Waals surface area contributed by atoms with Gasteiger partial charge in [-0.2, -0.15) is 0 Å². The minimum atomic E-state index is -1.58. The maximum Gasteiger partial charge on any atom is 0.256 e. The summed E-state index contributed by atoms with van der Waals surface area (Å²) in [7, 11) is 0. The Bertz CT molecular complexity index is 579. The summed E-state index contributed by atoms with van der Waals surface area (Å²) in [6.07, 6.45) is 5.41. The fourth-order valence-corrected chi connectivity index (χ4v) is 3.58. The molecule has 2 aliphatic rings. The van der Waals surface area contributed by atoms with Crippen LogP contribution >= 0.6 is 0 Å². The molecule has 0 N–H and O–H groups in total. The van der Waals surface area contributed by atoms with Crippen LogP contribution in [0.1, 0.15) is 42.5 Å². The molecule has 0 aromatic heterocycles. The van der Waals surface area contributed by atoms with E-state index in [2.05, 4.69) is 4.90 Å². The van der Waals surface area contributed by atoms with Crippen LogP contribution in [-0.2, 0) is 0 Å². The maximum atomic E-state index is 13.8. The molecule has 6 heteroatoms. The lowest BCUT2D eigenvalue weighted by Gasteiger charge is -2.40. The van der Waals surface area contributed by atoms with Crippen molar-refractivity contribution in [3.8, 4) is 0 Å². The van der Waals surface area contributed by atoms with Crippen LogP contribution in [0, 0.1) is 17.5 Å². The molecule has 2 aliphatic heterocycles. The van der Waals surface area contributed by atoms with Gasteiger partial charge in [0.2, 0.25) is 0 Å². The van der Waals surface area contributed by atoms with Gasteiger partial charge in [0.15, 0.2) is 17.5 Å². The molecule has 0 radical (unpaired) electrons. The van der Waals surface area contributed by atoms with Crippen LogP contribution in [0.5, 0.6) is 0 Å². The largest absolute Gasteiger partial charge is 0.338 e. The number of nitrogens with zero attached hydrogens (tertiary/aromatic N) is 2. The van der Waals surface area contributed by atoms with E-state index in [1.807, 2.05) is 0 Å². The highest BCUT2D eigenvalue weighted by atomic mass is 19.2. The van der Waals surface area contributed by atoms with E-state index in [4.69, 9.17) is 0 Å². The molecule has 0 aliphatic carbocycles. The van der Waals surface area contributed by atoms with Crippen molar-refractivity contribution in [3.63, 3.8) is 0 Å². The van der Waals surface area contributed by atoms with E-state index in [1.54, 1.807) is 0 Å². The average molecular weight is 326 g/mol. The molecule has 1 amide bonds. The number of hydrogen-bond donors (Lipinski definition) is 0. The Labute approximate surface area is 134 Å². The summed E-state index contributed by atoms with van der Waals surface area (Å²) in [6, 6.07) is 2.29. The van der Waals surface area contributed by atoms with E-state index < -0.39 is 23.4 Å². The minimum absolute atomic E-state index is 0.389. The molecular formula is C17H21F3N2O. The number of halogens is 3. The molecule has 0 atom stereocenters. The van der Waals surface area contributed by atoms with Gasteiger partial charge in [-0.1, -0.05) is 6.42 Å². The van der Waals surface area contributed by atoms with Crippen molar-refractivity contribution >= 4 is 5.91 Å². The van der Waals surface area contributed by atoms with E-state index in [1.165, 1.54) is 24.2 Å².